The molecule has 0 saturated heterocycles. The van der Waals surface area contributed by atoms with Gasteiger partial charge in [0.25, 0.3) is 0 Å². The van der Waals surface area contributed by atoms with Gasteiger partial charge in [0.2, 0.25) is 0 Å². The minimum absolute atomic E-state index is 0.0463. The van der Waals surface area contributed by atoms with E-state index >= 15 is 0 Å². The van der Waals surface area contributed by atoms with Crippen LogP contribution in [-0.4, -0.2) is 12.3 Å². The molecule has 2 aromatic carbocycles. The van der Waals surface area contributed by atoms with Gasteiger partial charge in [0.1, 0.15) is 0 Å². The Bertz CT molecular complexity index is 616. The molecule has 0 radical (unpaired) electrons. The third-order valence-electron chi connectivity index (χ3n) is 3.39. The van der Waals surface area contributed by atoms with Gasteiger partial charge in [-0.2, -0.15) is 0 Å². The predicted octanol–water partition coefficient (Wildman–Crippen LogP) is 3.45. The Morgan fingerprint density at radius 2 is 1.74 bits per heavy atom. The van der Waals surface area contributed by atoms with Crippen molar-refractivity contribution in [2.45, 2.75) is 6.42 Å². The summed E-state index contributed by atoms with van der Waals surface area (Å²) in [5.41, 5.74) is 3.28. The number of hydrogen-bond donors (Lipinski definition) is 0. The third kappa shape index (κ3) is 2.43. The number of para-hydroxylation sites is 1. The lowest BCUT2D eigenvalue weighted by molar-refractivity contribution is 0.104. The molecule has 0 atom stereocenters. The summed E-state index contributed by atoms with van der Waals surface area (Å²) >= 11 is 0. The molecule has 0 N–H and O–H groups in total. The van der Waals surface area contributed by atoms with E-state index in [1.807, 2.05) is 42.6 Å². The Hall–Kier alpha value is -2.35. The fourth-order valence-electron chi connectivity index (χ4n) is 2.37. The molecule has 0 aromatic heterocycles. The first-order valence-corrected chi connectivity index (χ1v) is 6.47. The predicted molar refractivity (Wildman–Crippen MR) is 77.4 cm³/mol. The second-order valence-corrected chi connectivity index (χ2v) is 4.62. The Balaban J connectivity index is 1.76. The Morgan fingerprint density at radius 3 is 2.58 bits per heavy atom. The Labute approximate surface area is 113 Å². The Morgan fingerprint density at radius 1 is 1.00 bits per heavy atom. The van der Waals surface area contributed by atoms with Crippen molar-refractivity contribution in [3.63, 3.8) is 0 Å². The number of carbonyl (C=O) groups is 1. The van der Waals surface area contributed by atoms with Gasteiger partial charge in [0, 0.05) is 30.1 Å². The fourth-order valence-corrected chi connectivity index (χ4v) is 2.37. The molecule has 1 aliphatic heterocycles. The zero-order chi connectivity index (χ0) is 13.1. The lowest BCUT2D eigenvalue weighted by atomic mass is 10.1. The standard InChI is InChI=1S/C17H15NO/c19-17(15-7-2-1-3-8-15)11-13-18-12-10-14-6-4-5-9-16(14)18/h1-9,11,13H,10,12H2/b13-11+. The van der Waals surface area contributed by atoms with Gasteiger partial charge in [-0.05, 0) is 18.1 Å². The second kappa shape index (κ2) is 5.11. The van der Waals surface area contributed by atoms with Crippen LogP contribution >= 0.6 is 0 Å². The Kier molecular flexibility index (Phi) is 3.15. The van der Waals surface area contributed by atoms with Crippen molar-refractivity contribution >= 4 is 11.5 Å². The highest BCUT2D eigenvalue weighted by Gasteiger charge is 2.15. The summed E-state index contributed by atoms with van der Waals surface area (Å²) in [6, 6.07) is 17.7. The number of anilines is 1. The van der Waals surface area contributed by atoms with E-state index in [0.29, 0.717) is 0 Å². The van der Waals surface area contributed by atoms with E-state index in [-0.39, 0.29) is 5.78 Å². The highest BCUT2D eigenvalue weighted by atomic mass is 16.1. The van der Waals surface area contributed by atoms with E-state index in [1.165, 1.54) is 11.3 Å². The maximum absolute atomic E-state index is 12.0. The average Bonchev–Trinajstić information content (AvgIpc) is 2.89. The molecule has 0 unspecified atom stereocenters. The van der Waals surface area contributed by atoms with E-state index in [0.717, 1.165) is 18.5 Å². The molecule has 0 aliphatic carbocycles. The van der Waals surface area contributed by atoms with Crippen LogP contribution < -0.4 is 4.90 Å². The van der Waals surface area contributed by atoms with Gasteiger partial charge in [-0.1, -0.05) is 48.5 Å². The number of ketones is 1. The molecule has 0 spiro atoms. The first-order valence-electron chi connectivity index (χ1n) is 6.47. The molecule has 0 bridgehead atoms. The topological polar surface area (TPSA) is 20.3 Å². The van der Waals surface area contributed by atoms with Crippen LogP contribution in [0.1, 0.15) is 15.9 Å². The molecular formula is C17H15NO. The minimum Gasteiger partial charge on any atom is -0.347 e. The number of carbonyl (C=O) groups excluding carboxylic acids is 1. The van der Waals surface area contributed by atoms with Gasteiger partial charge in [-0.15, -0.1) is 0 Å². The van der Waals surface area contributed by atoms with E-state index in [9.17, 15) is 4.79 Å². The highest BCUT2D eigenvalue weighted by Crippen LogP contribution is 2.27. The van der Waals surface area contributed by atoms with Crippen molar-refractivity contribution in [1.29, 1.82) is 0 Å². The van der Waals surface area contributed by atoms with Crippen molar-refractivity contribution in [2.24, 2.45) is 0 Å². The van der Waals surface area contributed by atoms with E-state index in [1.54, 1.807) is 6.08 Å². The third-order valence-corrected chi connectivity index (χ3v) is 3.39. The maximum Gasteiger partial charge on any atom is 0.187 e. The molecule has 0 amide bonds. The molecule has 2 aromatic rings. The fraction of sp³-hybridized carbons (Fsp3) is 0.118. The number of allylic oxidation sites excluding steroid dienone is 1. The summed E-state index contributed by atoms with van der Waals surface area (Å²) in [4.78, 5) is 14.1. The van der Waals surface area contributed by atoms with Crippen LogP contribution in [0.3, 0.4) is 0 Å². The first kappa shape index (κ1) is 11.7. The molecule has 2 heteroatoms. The molecule has 0 fully saturated rings. The van der Waals surface area contributed by atoms with Crippen molar-refractivity contribution in [2.75, 3.05) is 11.4 Å². The number of rotatable bonds is 3. The second-order valence-electron chi connectivity index (χ2n) is 4.62. The molecule has 3 rings (SSSR count). The van der Waals surface area contributed by atoms with Crippen molar-refractivity contribution in [3.05, 3.63) is 78.0 Å². The molecule has 1 aliphatic rings. The van der Waals surface area contributed by atoms with E-state index in [2.05, 4.69) is 23.1 Å². The van der Waals surface area contributed by atoms with Crippen LogP contribution in [0.5, 0.6) is 0 Å². The molecule has 2 nitrogen and oxygen atoms in total. The van der Waals surface area contributed by atoms with Crippen LogP contribution in [0.15, 0.2) is 66.9 Å². The van der Waals surface area contributed by atoms with Crippen LogP contribution in [-0.2, 0) is 6.42 Å². The smallest absolute Gasteiger partial charge is 0.187 e. The number of benzene rings is 2. The van der Waals surface area contributed by atoms with Gasteiger partial charge < -0.3 is 4.90 Å². The normalized spacial score (nSPS) is 13.8. The van der Waals surface area contributed by atoms with Crippen LogP contribution in [0.4, 0.5) is 5.69 Å². The van der Waals surface area contributed by atoms with E-state index < -0.39 is 0 Å². The molecule has 1 heterocycles. The van der Waals surface area contributed by atoms with Gasteiger partial charge in [-0.3, -0.25) is 4.79 Å². The van der Waals surface area contributed by atoms with Crippen molar-refractivity contribution < 1.29 is 4.79 Å². The monoisotopic (exact) mass is 249 g/mol. The van der Waals surface area contributed by atoms with E-state index in [4.69, 9.17) is 0 Å². The summed E-state index contributed by atoms with van der Waals surface area (Å²) in [6.07, 6.45) is 4.58. The average molecular weight is 249 g/mol. The molecule has 94 valence electrons. The van der Waals surface area contributed by atoms with Gasteiger partial charge in [0.15, 0.2) is 5.78 Å². The summed E-state index contributed by atoms with van der Waals surface area (Å²) < 4.78 is 0. The molecule has 19 heavy (non-hydrogen) atoms. The van der Waals surface area contributed by atoms with Crippen molar-refractivity contribution in [3.8, 4) is 0 Å². The lowest BCUT2D eigenvalue weighted by Gasteiger charge is -2.13. The lowest BCUT2D eigenvalue weighted by Crippen LogP contribution is -2.12. The highest BCUT2D eigenvalue weighted by molar-refractivity contribution is 6.04. The van der Waals surface area contributed by atoms with Gasteiger partial charge in [0.05, 0.1) is 0 Å². The SMILES string of the molecule is O=C(/C=C/N1CCc2ccccc21)c1ccccc1. The minimum atomic E-state index is 0.0463. The zero-order valence-electron chi connectivity index (χ0n) is 10.6. The summed E-state index contributed by atoms with van der Waals surface area (Å²) in [7, 11) is 0. The zero-order valence-corrected chi connectivity index (χ0v) is 10.6. The maximum atomic E-state index is 12.0. The summed E-state index contributed by atoms with van der Waals surface area (Å²) in [6.45, 7) is 0.942. The van der Waals surface area contributed by atoms with Gasteiger partial charge >= 0.3 is 0 Å². The number of hydrogen-bond acceptors (Lipinski definition) is 2. The number of fused-ring (bicyclic) bond motifs is 1. The summed E-state index contributed by atoms with van der Waals surface area (Å²) in [5.74, 6) is 0.0463. The van der Waals surface area contributed by atoms with Crippen LogP contribution in [0.25, 0.3) is 0 Å². The molecule has 0 saturated carbocycles. The summed E-state index contributed by atoms with van der Waals surface area (Å²) in [5, 5.41) is 0. The quantitative estimate of drug-likeness (QED) is 0.613. The largest absolute Gasteiger partial charge is 0.347 e. The van der Waals surface area contributed by atoms with Gasteiger partial charge in [-0.25, -0.2) is 0 Å². The van der Waals surface area contributed by atoms with Crippen LogP contribution in [0, 0.1) is 0 Å². The number of nitrogens with zero attached hydrogens (tertiary/aromatic N) is 1. The first-order chi connectivity index (χ1) is 9.34. The van der Waals surface area contributed by atoms with Crippen LogP contribution in [0.2, 0.25) is 0 Å². The molecular weight excluding hydrogens is 234 g/mol. The van der Waals surface area contributed by atoms with Crippen molar-refractivity contribution in [1.82, 2.24) is 0 Å².